The molecule has 0 radical (unpaired) electrons. The zero-order valence-corrected chi connectivity index (χ0v) is 47.6. The third-order valence-corrected chi connectivity index (χ3v) is 32.5. The number of rotatable bonds is 27. The van der Waals surface area contributed by atoms with Gasteiger partial charge in [0.25, 0.3) is 0 Å². The summed E-state index contributed by atoms with van der Waals surface area (Å²) in [6.45, 7) is 5.85. The van der Waals surface area contributed by atoms with Crippen molar-refractivity contribution in [2.75, 3.05) is 0 Å². The lowest BCUT2D eigenvalue weighted by Gasteiger charge is -2.49. The van der Waals surface area contributed by atoms with E-state index in [1.807, 2.05) is 12.1 Å². The van der Waals surface area contributed by atoms with Crippen molar-refractivity contribution in [2.24, 2.45) is 0 Å². The van der Waals surface area contributed by atoms with Crippen LogP contribution in [0.25, 0.3) is 0 Å². The van der Waals surface area contributed by atoms with E-state index in [4.69, 9.17) is 16.8 Å². The van der Waals surface area contributed by atoms with E-state index < -0.39 is 34.0 Å². The van der Waals surface area contributed by atoms with Gasteiger partial charge in [0.05, 0.1) is 0 Å². The third-order valence-electron chi connectivity index (χ3n) is 13.9. The maximum Gasteiger partial charge on any atom is 0.399 e. The number of hydrogen-bond acceptors (Lipinski definition) is 5. The first-order chi connectivity index (χ1) is 37.2. The van der Waals surface area contributed by atoms with E-state index in [0.717, 1.165) is 51.5 Å². The summed E-state index contributed by atoms with van der Waals surface area (Å²) in [5, 5.41) is 0. The number of allylic oxidation sites excluding steroid dienone is 1. The number of carbonyl (C=O) groups excluding carboxylic acids is 1. The second-order valence-corrected chi connectivity index (χ2v) is 33.9. The molecule has 0 heterocycles. The molecule has 5 nitrogen and oxygen atoms in total. The summed E-state index contributed by atoms with van der Waals surface area (Å²) in [5.74, 6) is -0.145. The maximum absolute atomic E-state index is 13.6. The summed E-state index contributed by atoms with van der Waals surface area (Å²) in [7, 11) is -14.6. The van der Waals surface area contributed by atoms with Crippen LogP contribution in [0.4, 0.5) is 0 Å². The third kappa shape index (κ3) is 15.5. The molecule has 0 atom stereocenters. The van der Waals surface area contributed by atoms with E-state index in [0.29, 0.717) is 36.3 Å². The van der Waals surface area contributed by atoms with Gasteiger partial charge in [-0.1, -0.05) is 280 Å². The highest BCUT2D eigenvalue weighted by molar-refractivity contribution is 6.90. The summed E-state index contributed by atoms with van der Waals surface area (Å²) in [6.07, 6.45) is 0. The average molecular weight is 1070 g/mol. The number of carbonyl (C=O) groups is 1. The van der Waals surface area contributed by atoms with Crippen molar-refractivity contribution in [3.8, 4) is 0 Å². The molecular formula is C67H68O5Si4. The van der Waals surface area contributed by atoms with E-state index in [1.54, 1.807) is 0 Å². The molecule has 9 aromatic carbocycles. The monoisotopic (exact) mass is 1060 g/mol. The van der Waals surface area contributed by atoms with Gasteiger partial charge >= 0.3 is 25.7 Å². The molecule has 0 saturated heterocycles. The molecule has 0 bridgehead atoms. The highest BCUT2D eigenvalue weighted by Gasteiger charge is 2.58. The van der Waals surface area contributed by atoms with Gasteiger partial charge in [-0.05, 0) is 68.2 Å². The predicted molar refractivity (Wildman–Crippen MR) is 318 cm³/mol. The van der Waals surface area contributed by atoms with Gasteiger partial charge in [0.15, 0.2) is 14.1 Å². The normalized spacial score (nSPS) is 12.0. The molecule has 0 aliphatic heterocycles. The minimum Gasteiger partial charge on any atom is -0.518 e. The van der Waals surface area contributed by atoms with Gasteiger partial charge in [0.2, 0.25) is 0 Å². The van der Waals surface area contributed by atoms with Crippen LogP contribution in [0.5, 0.6) is 0 Å². The Bertz CT molecular complexity index is 2930. The molecule has 9 aromatic rings. The van der Waals surface area contributed by atoms with Crippen molar-refractivity contribution < 1.29 is 21.6 Å². The molecule has 0 aromatic heterocycles. The SMILES string of the molecule is C=C(O[Si](Cc1ccccc1)(Cc1ccccc1)O[Si](Cc1ccccc1)(Cc1ccccc1)O[Si](Cc1ccccc1)(Cc1ccccc1)O[Si](Cc1ccccc1)(Cc1ccccc1)Cc1ccccc1)C(C)=O. The van der Waals surface area contributed by atoms with E-state index in [1.165, 1.54) is 23.6 Å². The van der Waals surface area contributed by atoms with Crippen LogP contribution in [-0.4, -0.2) is 39.8 Å². The molecule has 382 valence electrons. The smallest absolute Gasteiger partial charge is 0.399 e. The Morgan fingerprint density at radius 1 is 0.289 bits per heavy atom. The van der Waals surface area contributed by atoms with Crippen molar-refractivity contribution >= 4 is 39.8 Å². The van der Waals surface area contributed by atoms with Gasteiger partial charge in [-0.15, -0.1) is 0 Å². The Morgan fingerprint density at radius 3 is 0.697 bits per heavy atom. The minimum atomic E-state index is -3.90. The van der Waals surface area contributed by atoms with Crippen LogP contribution in [0.15, 0.2) is 285 Å². The van der Waals surface area contributed by atoms with Gasteiger partial charge in [-0.2, -0.15) is 0 Å². The lowest BCUT2D eigenvalue weighted by molar-refractivity contribution is -0.115. The molecule has 9 heteroatoms. The van der Waals surface area contributed by atoms with Crippen molar-refractivity contribution in [2.45, 2.75) is 61.3 Å². The fourth-order valence-corrected chi connectivity index (χ4v) is 33.8. The van der Waals surface area contributed by atoms with Crippen LogP contribution in [0.3, 0.4) is 0 Å². The van der Waals surface area contributed by atoms with Gasteiger partial charge < -0.3 is 16.8 Å². The van der Waals surface area contributed by atoms with Crippen LogP contribution in [0, 0.1) is 0 Å². The van der Waals surface area contributed by atoms with E-state index in [2.05, 4.69) is 267 Å². The molecule has 0 spiro atoms. The van der Waals surface area contributed by atoms with Gasteiger partial charge in [0, 0.05) is 43.2 Å². The van der Waals surface area contributed by atoms with Gasteiger partial charge in [-0.3, -0.25) is 4.79 Å². The molecule has 0 N–H and O–H groups in total. The zero-order valence-electron chi connectivity index (χ0n) is 43.6. The summed E-state index contributed by atoms with van der Waals surface area (Å²) in [5.41, 5.74) is 10.3. The predicted octanol–water partition coefficient (Wildman–Crippen LogP) is 14.5. The van der Waals surface area contributed by atoms with Crippen molar-refractivity contribution in [1.82, 2.24) is 0 Å². The molecule has 76 heavy (non-hydrogen) atoms. The lowest BCUT2D eigenvalue weighted by Crippen LogP contribution is -2.69. The van der Waals surface area contributed by atoms with Crippen LogP contribution < -0.4 is 0 Å². The first-order valence-corrected chi connectivity index (χ1v) is 35.7. The standard InChI is InChI=1S/C67H68O5Si4/c1-57(68)58(2)69-74(51-62-36-18-6-19-37-62,52-63-38-20-7-21-39-63)71-76(55-66-44-26-10-27-45-66,56-67-46-28-11-29-47-67)72-75(53-64-40-22-8-23-41-64,54-65-42-24-9-25-43-65)70-73(48-59-30-12-3-13-31-59,49-60-32-14-4-15-33-60)50-61-34-16-5-17-35-61/h3-47H,2,48-56H2,1H3. The summed E-state index contributed by atoms with van der Waals surface area (Å²) < 4.78 is 33.6. The summed E-state index contributed by atoms with van der Waals surface area (Å²) >= 11 is 0. The Hall–Kier alpha value is -7.06. The van der Waals surface area contributed by atoms with E-state index >= 15 is 0 Å². The van der Waals surface area contributed by atoms with E-state index in [9.17, 15) is 4.79 Å². The number of hydrogen-bond donors (Lipinski definition) is 0. The van der Waals surface area contributed by atoms with Crippen LogP contribution in [0.1, 0.15) is 57.0 Å². The molecule has 0 saturated carbocycles. The Balaban J connectivity index is 1.35. The number of Topliss-reactive ketones (excluding diaryl/α,β-unsaturated/α-hetero) is 1. The number of benzene rings is 9. The minimum absolute atomic E-state index is 0.0918. The second-order valence-electron chi connectivity index (χ2n) is 20.3. The second kappa shape index (κ2) is 26.1. The first kappa shape index (κ1) is 53.8. The highest BCUT2D eigenvalue weighted by Crippen LogP contribution is 2.38. The van der Waals surface area contributed by atoms with Crippen molar-refractivity contribution in [3.63, 3.8) is 0 Å². The molecule has 0 fully saturated rings. The highest BCUT2D eigenvalue weighted by atomic mass is 28.5. The zero-order chi connectivity index (χ0) is 52.4. The molecule has 0 amide bonds. The Labute approximate surface area is 455 Å². The topological polar surface area (TPSA) is 54.0 Å². The van der Waals surface area contributed by atoms with Gasteiger partial charge in [0.1, 0.15) is 5.76 Å². The van der Waals surface area contributed by atoms with Crippen molar-refractivity contribution in [3.05, 3.63) is 335 Å². The quantitative estimate of drug-likeness (QED) is 0.0292. The van der Waals surface area contributed by atoms with Gasteiger partial charge in [-0.25, -0.2) is 0 Å². The maximum atomic E-state index is 13.6. The lowest BCUT2D eigenvalue weighted by atomic mass is 10.2. The largest absolute Gasteiger partial charge is 0.518 e. The fraction of sp³-hybridized carbons (Fsp3) is 0.149. The molecule has 0 aliphatic carbocycles. The molecular weight excluding hydrogens is 997 g/mol. The molecule has 0 unspecified atom stereocenters. The van der Waals surface area contributed by atoms with Crippen LogP contribution in [0.2, 0.25) is 0 Å². The molecule has 9 rings (SSSR count). The van der Waals surface area contributed by atoms with Crippen LogP contribution >= 0.6 is 0 Å². The molecule has 0 aliphatic rings. The van der Waals surface area contributed by atoms with Crippen LogP contribution in [-0.2, 0) is 76.0 Å². The Morgan fingerprint density at radius 2 is 0.474 bits per heavy atom. The summed E-state index contributed by atoms with van der Waals surface area (Å²) in [4.78, 5) is 13.6. The Kier molecular flexibility index (Phi) is 18.5. The van der Waals surface area contributed by atoms with E-state index in [-0.39, 0.29) is 11.5 Å². The summed E-state index contributed by atoms with van der Waals surface area (Å²) in [6, 6.07) is 102. The first-order valence-electron chi connectivity index (χ1n) is 26.5. The van der Waals surface area contributed by atoms with Crippen molar-refractivity contribution in [1.29, 1.82) is 0 Å². The average Bonchev–Trinajstić information content (AvgIpc) is 3.47. The number of ketones is 1. The fourth-order valence-electron chi connectivity index (χ4n) is 10.7.